The average Bonchev–Trinajstić information content (AvgIpc) is 3.11. The van der Waals surface area contributed by atoms with Crippen LogP contribution in [0.2, 0.25) is 0 Å². The largest absolute Gasteiger partial charge is 0.379 e. The number of nitrogens with zero attached hydrogens (tertiary/aromatic N) is 2. The molecule has 1 aromatic carbocycles. The topological polar surface area (TPSA) is 67.2 Å². The van der Waals surface area contributed by atoms with Gasteiger partial charge in [0.1, 0.15) is 5.82 Å². The summed E-state index contributed by atoms with van der Waals surface area (Å²) in [5, 5.41) is 13.0. The van der Waals surface area contributed by atoms with Crippen molar-refractivity contribution in [3.05, 3.63) is 48.0 Å². The predicted molar refractivity (Wildman–Crippen MR) is 88.0 cm³/mol. The summed E-state index contributed by atoms with van der Waals surface area (Å²) in [7, 11) is 0. The smallest absolute Gasteiger partial charge is 0.257 e. The minimum absolute atomic E-state index is 0.310. The molecular weight excluding hydrogens is 298 g/mol. The summed E-state index contributed by atoms with van der Waals surface area (Å²) >= 11 is 1.61. The quantitative estimate of drug-likeness (QED) is 0.906. The summed E-state index contributed by atoms with van der Waals surface area (Å²) in [4.78, 5) is 16.3. The third-order valence-corrected chi connectivity index (χ3v) is 5.09. The van der Waals surface area contributed by atoms with E-state index in [-0.39, 0.29) is 5.91 Å². The van der Waals surface area contributed by atoms with Gasteiger partial charge in [-0.3, -0.25) is 4.79 Å². The maximum absolute atomic E-state index is 12.1. The summed E-state index contributed by atoms with van der Waals surface area (Å²) in [6.07, 6.45) is 4.24. The zero-order valence-corrected chi connectivity index (χ0v) is 13.3. The molecule has 1 amide bonds. The molecule has 0 bridgehead atoms. The van der Waals surface area contributed by atoms with Gasteiger partial charge in [0.05, 0.1) is 0 Å². The predicted octanol–water partition coefficient (Wildman–Crippen LogP) is 2.05. The van der Waals surface area contributed by atoms with Crippen molar-refractivity contribution in [2.24, 2.45) is 0 Å². The number of carbonyl (C=O) groups excluding carboxylic acids is 1. The molecule has 1 aliphatic heterocycles. The Hall–Kier alpha value is -1.79. The second kappa shape index (κ2) is 6.14. The Morgan fingerprint density at radius 1 is 1.45 bits per heavy atom. The molecule has 22 heavy (non-hydrogen) atoms. The van der Waals surface area contributed by atoms with E-state index in [1.54, 1.807) is 18.0 Å². The number of thioether (sulfide) groups is 1. The molecule has 1 aromatic heterocycles. The van der Waals surface area contributed by atoms with Gasteiger partial charge in [-0.15, -0.1) is 0 Å². The number of benzene rings is 1. The molecule has 0 aliphatic carbocycles. The Balaban J connectivity index is 1.64. The standard InChI is InChI=1S/C16H19N3O2S/c1-12-17-7-8-19(12)10-13-2-4-14(5-3-13)18-15(20)16(21)6-9-22-11-16/h2-5,7-8,21H,6,9-11H2,1H3,(H,18,20). The van der Waals surface area contributed by atoms with E-state index in [4.69, 9.17) is 0 Å². The van der Waals surface area contributed by atoms with Gasteiger partial charge in [0.15, 0.2) is 5.60 Å². The van der Waals surface area contributed by atoms with Crippen LogP contribution in [-0.4, -0.2) is 37.7 Å². The minimum Gasteiger partial charge on any atom is -0.379 e. The van der Waals surface area contributed by atoms with E-state index in [0.717, 1.165) is 23.7 Å². The first-order valence-corrected chi connectivity index (χ1v) is 8.40. The number of hydrogen-bond donors (Lipinski definition) is 2. The zero-order chi connectivity index (χ0) is 15.6. The molecule has 1 atom stereocenters. The van der Waals surface area contributed by atoms with Crippen LogP contribution < -0.4 is 5.32 Å². The number of anilines is 1. The summed E-state index contributed by atoms with van der Waals surface area (Å²) < 4.78 is 2.06. The Labute approximate surface area is 133 Å². The molecular formula is C16H19N3O2S. The molecule has 2 aromatic rings. The highest BCUT2D eigenvalue weighted by atomic mass is 32.2. The van der Waals surface area contributed by atoms with Crippen molar-refractivity contribution >= 4 is 23.4 Å². The molecule has 0 saturated carbocycles. The number of amides is 1. The first-order chi connectivity index (χ1) is 10.6. The number of hydrogen-bond acceptors (Lipinski definition) is 4. The number of nitrogens with one attached hydrogen (secondary N) is 1. The van der Waals surface area contributed by atoms with Gasteiger partial charge in [0.25, 0.3) is 5.91 Å². The Morgan fingerprint density at radius 3 is 2.82 bits per heavy atom. The fraction of sp³-hybridized carbons (Fsp3) is 0.375. The average molecular weight is 317 g/mol. The van der Waals surface area contributed by atoms with Gasteiger partial charge in [0, 0.05) is 30.4 Å². The monoisotopic (exact) mass is 317 g/mol. The summed E-state index contributed by atoms with van der Waals surface area (Å²) in [6, 6.07) is 7.68. The van der Waals surface area contributed by atoms with E-state index >= 15 is 0 Å². The van der Waals surface area contributed by atoms with Gasteiger partial charge in [-0.25, -0.2) is 4.98 Å². The van der Waals surface area contributed by atoms with Crippen LogP contribution in [0.25, 0.3) is 0 Å². The first-order valence-electron chi connectivity index (χ1n) is 7.25. The third kappa shape index (κ3) is 3.18. The molecule has 2 heterocycles. The number of aryl methyl sites for hydroxylation is 1. The number of carbonyl (C=O) groups is 1. The lowest BCUT2D eigenvalue weighted by atomic mass is 10.0. The van der Waals surface area contributed by atoms with E-state index in [1.165, 1.54) is 0 Å². The summed E-state index contributed by atoms with van der Waals surface area (Å²) in [6.45, 7) is 2.72. The second-order valence-electron chi connectivity index (χ2n) is 5.59. The lowest BCUT2D eigenvalue weighted by Crippen LogP contribution is -2.42. The van der Waals surface area contributed by atoms with Gasteiger partial charge in [-0.1, -0.05) is 12.1 Å². The molecule has 6 heteroatoms. The van der Waals surface area contributed by atoms with Crippen molar-refractivity contribution in [2.45, 2.75) is 25.5 Å². The van der Waals surface area contributed by atoms with Crippen molar-refractivity contribution < 1.29 is 9.90 Å². The second-order valence-corrected chi connectivity index (χ2v) is 6.69. The minimum atomic E-state index is -1.22. The fourth-order valence-corrected chi connectivity index (χ4v) is 3.68. The number of aliphatic hydroxyl groups is 1. The molecule has 2 N–H and O–H groups in total. The first kappa shape index (κ1) is 15.1. The van der Waals surface area contributed by atoms with E-state index in [0.29, 0.717) is 17.9 Å². The Morgan fingerprint density at radius 2 is 2.23 bits per heavy atom. The van der Waals surface area contributed by atoms with Crippen LogP contribution >= 0.6 is 11.8 Å². The van der Waals surface area contributed by atoms with Crippen LogP contribution in [0.5, 0.6) is 0 Å². The summed E-state index contributed by atoms with van der Waals surface area (Å²) in [5.74, 6) is 1.96. The van der Waals surface area contributed by atoms with Crippen LogP contribution in [0.4, 0.5) is 5.69 Å². The molecule has 5 nitrogen and oxygen atoms in total. The van der Waals surface area contributed by atoms with Crippen molar-refractivity contribution in [1.29, 1.82) is 0 Å². The number of imidazole rings is 1. The molecule has 1 saturated heterocycles. The van der Waals surface area contributed by atoms with E-state index < -0.39 is 5.60 Å². The van der Waals surface area contributed by atoms with Crippen molar-refractivity contribution in [1.82, 2.24) is 9.55 Å². The van der Waals surface area contributed by atoms with Gasteiger partial charge < -0.3 is 15.0 Å². The Kier molecular flexibility index (Phi) is 4.22. The maximum atomic E-state index is 12.1. The van der Waals surface area contributed by atoms with Crippen molar-refractivity contribution in [3.8, 4) is 0 Å². The van der Waals surface area contributed by atoms with Gasteiger partial charge in [-0.2, -0.15) is 11.8 Å². The SMILES string of the molecule is Cc1nccn1Cc1ccc(NC(=O)C2(O)CCSC2)cc1. The van der Waals surface area contributed by atoms with Crippen LogP contribution in [0.3, 0.4) is 0 Å². The van der Waals surface area contributed by atoms with E-state index in [9.17, 15) is 9.90 Å². The van der Waals surface area contributed by atoms with E-state index in [1.807, 2.05) is 37.4 Å². The van der Waals surface area contributed by atoms with Crippen molar-refractivity contribution in [3.63, 3.8) is 0 Å². The lowest BCUT2D eigenvalue weighted by molar-refractivity contribution is -0.131. The van der Waals surface area contributed by atoms with Crippen LogP contribution in [0.1, 0.15) is 17.8 Å². The lowest BCUT2D eigenvalue weighted by Gasteiger charge is -2.20. The molecule has 1 unspecified atom stereocenters. The van der Waals surface area contributed by atoms with Crippen LogP contribution in [-0.2, 0) is 11.3 Å². The third-order valence-electron chi connectivity index (χ3n) is 3.91. The highest BCUT2D eigenvalue weighted by Crippen LogP contribution is 2.29. The highest BCUT2D eigenvalue weighted by molar-refractivity contribution is 7.99. The van der Waals surface area contributed by atoms with Crippen molar-refractivity contribution in [2.75, 3.05) is 16.8 Å². The molecule has 116 valence electrons. The number of aromatic nitrogens is 2. The molecule has 1 fully saturated rings. The van der Waals surface area contributed by atoms with Crippen LogP contribution in [0, 0.1) is 6.92 Å². The normalized spacial score (nSPS) is 21.0. The highest BCUT2D eigenvalue weighted by Gasteiger charge is 2.39. The fourth-order valence-electron chi connectivity index (χ4n) is 2.44. The van der Waals surface area contributed by atoms with E-state index in [2.05, 4.69) is 14.9 Å². The Bertz CT molecular complexity index is 660. The van der Waals surface area contributed by atoms with Gasteiger partial charge in [0.2, 0.25) is 0 Å². The van der Waals surface area contributed by atoms with Gasteiger partial charge in [-0.05, 0) is 36.8 Å². The molecule has 0 radical (unpaired) electrons. The maximum Gasteiger partial charge on any atom is 0.257 e. The zero-order valence-electron chi connectivity index (χ0n) is 12.5. The number of rotatable bonds is 4. The van der Waals surface area contributed by atoms with Crippen LogP contribution in [0.15, 0.2) is 36.7 Å². The molecule has 0 spiro atoms. The molecule has 3 rings (SSSR count). The summed E-state index contributed by atoms with van der Waals surface area (Å²) in [5.41, 5.74) is 0.618. The van der Waals surface area contributed by atoms with Gasteiger partial charge >= 0.3 is 0 Å². The molecule has 1 aliphatic rings.